The van der Waals surface area contributed by atoms with E-state index < -0.39 is 11.7 Å². The molecule has 0 aliphatic carbocycles. The lowest BCUT2D eigenvalue weighted by Gasteiger charge is -2.15. The van der Waals surface area contributed by atoms with E-state index in [-0.39, 0.29) is 23.9 Å². The van der Waals surface area contributed by atoms with E-state index in [0.29, 0.717) is 19.1 Å². The first-order valence-electron chi connectivity index (χ1n) is 8.00. The van der Waals surface area contributed by atoms with Crippen molar-refractivity contribution in [2.75, 3.05) is 18.5 Å². The van der Waals surface area contributed by atoms with Gasteiger partial charge < -0.3 is 14.8 Å². The highest BCUT2D eigenvalue weighted by atomic mass is 19.4. The van der Waals surface area contributed by atoms with Gasteiger partial charge in [0.1, 0.15) is 6.10 Å². The first-order valence-corrected chi connectivity index (χ1v) is 8.00. The summed E-state index contributed by atoms with van der Waals surface area (Å²) in [4.78, 5) is 4.12. The van der Waals surface area contributed by atoms with Crippen LogP contribution in [0.3, 0.4) is 0 Å². The number of hydrogen-bond acceptors (Lipinski definition) is 5. The molecule has 1 aromatic carbocycles. The van der Waals surface area contributed by atoms with Gasteiger partial charge in [-0.2, -0.15) is 18.4 Å². The number of hydrogen-bond donors (Lipinski definition) is 1. The van der Waals surface area contributed by atoms with E-state index in [9.17, 15) is 13.2 Å². The number of nitrogens with one attached hydrogen (secondary N) is 1. The Morgan fingerprint density at radius 1 is 1.31 bits per heavy atom. The Morgan fingerprint density at radius 2 is 2.15 bits per heavy atom. The van der Waals surface area contributed by atoms with Crippen LogP contribution < -0.4 is 10.1 Å². The minimum absolute atomic E-state index is 0.0405. The van der Waals surface area contributed by atoms with E-state index in [1.807, 2.05) is 0 Å². The van der Waals surface area contributed by atoms with E-state index in [2.05, 4.69) is 10.3 Å². The van der Waals surface area contributed by atoms with Gasteiger partial charge in [0.15, 0.2) is 0 Å². The van der Waals surface area contributed by atoms with Crippen LogP contribution >= 0.6 is 0 Å². The third kappa shape index (κ3) is 4.43. The molecule has 1 unspecified atom stereocenters. The molecule has 0 bridgehead atoms. The van der Waals surface area contributed by atoms with Crippen LogP contribution in [0.25, 0.3) is 0 Å². The first kappa shape index (κ1) is 18.0. The van der Waals surface area contributed by atoms with Gasteiger partial charge in [-0.05, 0) is 29.8 Å². The lowest BCUT2D eigenvalue weighted by molar-refractivity contribution is -0.137. The minimum Gasteiger partial charge on any atom is -0.472 e. The Labute approximate surface area is 148 Å². The van der Waals surface area contributed by atoms with Crippen molar-refractivity contribution in [2.24, 2.45) is 0 Å². The molecule has 8 heteroatoms. The van der Waals surface area contributed by atoms with Crippen molar-refractivity contribution >= 4 is 5.69 Å². The maximum atomic E-state index is 13.2. The number of anilines is 1. The maximum absolute atomic E-state index is 13.2. The zero-order valence-electron chi connectivity index (χ0n) is 13.7. The molecule has 2 aromatic rings. The van der Waals surface area contributed by atoms with Gasteiger partial charge in [-0.3, -0.25) is 0 Å². The highest BCUT2D eigenvalue weighted by Crippen LogP contribution is 2.35. The number of nitriles is 1. The molecule has 1 N–H and O–H groups in total. The van der Waals surface area contributed by atoms with Crippen molar-refractivity contribution in [3.8, 4) is 11.9 Å². The summed E-state index contributed by atoms with van der Waals surface area (Å²) in [7, 11) is 0. The zero-order valence-corrected chi connectivity index (χ0v) is 13.7. The molecule has 0 saturated carbocycles. The fourth-order valence-electron chi connectivity index (χ4n) is 2.60. The van der Waals surface area contributed by atoms with Crippen LogP contribution in [0.2, 0.25) is 0 Å². The summed E-state index contributed by atoms with van der Waals surface area (Å²) in [6, 6.07) is 8.54. The predicted octanol–water partition coefficient (Wildman–Crippen LogP) is 3.75. The zero-order chi connectivity index (χ0) is 18.6. The van der Waals surface area contributed by atoms with Crippen molar-refractivity contribution < 1.29 is 22.6 Å². The van der Waals surface area contributed by atoms with Gasteiger partial charge in [0.2, 0.25) is 5.88 Å². The van der Waals surface area contributed by atoms with Gasteiger partial charge in [0, 0.05) is 30.9 Å². The molecule has 0 spiro atoms. The Balaban J connectivity index is 1.72. The standard InChI is InChI=1S/C18H16F3N3O2/c19-18(20,21)15-7-12(9-22)1-2-16(15)24-10-13-3-5-23-17(8-13)26-14-4-6-25-11-14/h1-3,5,7-8,14,24H,4,6,10-11H2. The summed E-state index contributed by atoms with van der Waals surface area (Å²) in [5.41, 5.74) is -0.266. The first-order chi connectivity index (χ1) is 12.5. The molecule has 1 aromatic heterocycles. The Bertz CT molecular complexity index is 812. The summed E-state index contributed by atoms with van der Waals surface area (Å²) >= 11 is 0. The SMILES string of the molecule is N#Cc1ccc(NCc2ccnc(OC3CCOC3)c2)c(C(F)(F)F)c1. The third-order valence-electron chi connectivity index (χ3n) is 3.91. The lowest BCUT2D eigenvalue weighted by atomic mass is 10.1. The number of halogens is 3. The van der Waals surface area contributed by atoms with Crippen LogP contribution in [0, 0.1) is 11.3 Å². The second kappa shape index (κ2) is 7.62. The molecule has 136 valence electrons. The Kier molecular flexibility index (Phi) is 5.28. The molecule has 1 fully saturated rings. The van der Waals surface area contributed by atoms with Crippen LogP contribution in [-0.2, 0) is 17.5 Å². The van der Waals surface area contributed by atoms with Crippen molar-refractivity contribution in [3.63, 3.8) is 0 Å². The normalized spacial score (nSPS) is 16.9. The maximum Gasteiger partial charge on any atom is 0.418 e. The second-order valence-corrected chi connectivity index (χ2v) is 5.83. The Morgan fingerprint density at radius 3 is 2.85 bits per heavy atom. The quantitative estimate of drug-likeness (QED) is 0.876. The summed E-state index contributed by atoms with van der Waals surface area (Å²) in [6.07, 6.45) is -2.28. The molecular formula is C18H16F3N3O2. The number of pyridine rings is 1. The molecule has 0 amide bonds. The molecule has 1 atom stereocenters. The van der Waals surface area contributed by atoms with Gasteiger partial charge in [-0.1, -0.05) is 0 Å². The predicted molar refractivity (Wildman–Crippen MR) is 87.6 cm³/mol. The van der Waals surface area contributed by atoms with E-state index in [4.69, 9.17) is 14.7 Å². The van der Waals surface area contributed by atoms with E-state index in [1.54, 1.807) is 24.4 Å². The Hall–Kier alpha value is -2.79. The summed E-state index contributed by atoms with van der Waals surface area (Å²) in [5, 5.41) is 11.6. The molecule has 1 aliphatic rings. The van der Waals surface area contributed by atoms with Gasteiger partial charge in [-0.25, -0.2) is 4.98 Å². The van der Waals surface area contributed by atoms with Crippen molar-refractivity contribution in [1.29, 1.82) is 5.26 Å². The third-order valence-corrected chi connectivity index (χ3v) is 3.91. The number of nitrogens with zero attached hydrogens (tertiary/aromatic N) is 2. The largest absolute Gasteiger partial charge is 0.472 e. The highest BCUT2D eigenvalue weighted by Gasteiger charge is 2.33. The molecule has 0 radical (unpaired) electrons. The monoisotopic (exact) mass is 363 g/mol. The van der Waals surface area contributed by atoms with Crippen LogP contribution in [-0.4, -0.2) is 24.3 Å². The van der Waals surface area contributed by atoms with Crippen molar-refractivity contribution in [2.45, 2.75) is 25.2 Å². The average molecular weight is 363 g/mol. The van der Waals surface area contributed by atoms with E-state index in [1.165, 1.54) is 12.1 Å². The molecule has 3 rings (SSSR count). The van der Waals surface area contributed by atoms with Crippen LogP contribution in [0.5, 0.6) is 5.88 Å². The highest BCUT2D eigenvalue weighted by molar-refractivity contribution is 5.56. The second-order valence-electron chi connectivity index (χ2n) is 5.83. The fraction of sp³-hybridized carbons (Fsp3) is 0.333. The number of alkyl halides is 3. The molecular weight excluding hydrogens is 347 g/mol. The van der Waals surface area contributed by atoms with Gasteiger partial charge in [0.05, 0.1) is 30.4 Å². The van der Waals surface area contributed by atoms with Crippen LogP contribution in [0.1, 0.15) is 23.1 Å². The topological polar surface area (TPSA) is 67.2 Å². The van der Waals surface area contributed by atoms with Crippen molar-refractivity contribution in [1.82, 2.24) is 4.98 Å². The van der Waals surface area contributed by atoms with Crippen LogP contribution in [0.15, 0.2) is 36.5 Å². The minimum atomic E-state index is -4.55. The van der Waals surface area contributed by atoms with Crippen molar-refractivity contribution in [3.05, 3.63) is 53.2 Å². The number of aromatic nitrogens is 1. The molecule has 1 saturated heterocycles. The lowest BCUT2D eigenvalue weighted by Crippen LogP contribution is -2.16. The summed E-state index contributed by atoms with van der Waals surface area (Å²) in [6.45, 7) is 1.31. The van der Waals surface area contributed by atoms with Gasteiger partial charge in [0.25, 0.3) is 0 Å². The molecule has 26 heavy (non-hydrogen) atoms. The van der Waals surface area contributed by atoms with Crippen LogP contribution in [0.4, 0.5) is 18.9 Å². The summed E-state index contributed by atoms with van der Waals surface area (Å²) < 4.78 is 50.5. The number of ether oxygens (including phenoxy) is 2. The van der Waals surface area contributed by atoms with E-state index >= 15 is 0 Å². The van der Waals surface area contributed by atoms with Gasteiger partial charge in [-0.15, -0.1) is 0 Å². The molecule has 5 nitrogen and oxygen atoms in total. The average Bonchev–Trinajstić information content (AvgIpc) is 3.12. The number of rotatable bonds is 5. The van der Waals surface area contributed by atoms with E-state index in [0.717, 1.165) is 18.1 Å². The van der Waals surface area contributed by atoms with Gasteiger partial charge >= 0.3 is 6.18 Å². The fourth-order valence-corrected chi connectivity index (χ4v) is 2.60. The summed E-state index contributed by atoms with van der Waals surface area (Å²) in [5.74, 6) is 0.413. The molecule has 2 heterocycles. The molecule has 1 aliphatic heterocycles. The smallest absolute Gasteiger partial charge is 0.418 e. The number of benzene rings is 1.